The molecule has 2 aromatic carbocycles. The largest absolute Gasteiger partial charge is 0.373 e. The Labute approximate surface area is 128 Å². The Hall–Kier alpha value is -1.61. The van der Waals surface area contributed by atoms with Gasteiger partial charge in [0.05, 0.1) is 6.04 Å². The summed E-state index contributed by atoms with van der Waals surface area (Å²) in [6.45, 7) is 3.66. The van der Waals surface area contributed by atoms with Crippen molar-refractivity contribution in [3.63, 3.8) is 0 Å². The predicted molar refractivity (Wildman–Crippen MR) is 83.8 cm³/mol. The van der Waals surface area contributed by atoms with Crippen LogP contribution in [0.3, 0.4) is 0 Å². The molecule has 1 unspecified atom stereocenters. The van der Waals surface area contributed by atoms with Crippen molar-refractivity contribution < 1.29 is 8.78 Å². The zero-order valence-corrected chi connectivity index (χ0v) is 12.8. The minimum atomic E-state index is -0.576. The summed E-state index contributed by atoms with van der Waals surface area (Å²) in [6, 6.07) is 9.88. The number of hydrogen-bond acceptors (Lipinski definition) is 1. The van der Waals surface area contributed by atoms with Gasteiger partial charge in [-0.25, -0.2) is 8.78 Å². The summed E-state index contributed by atoms with van der Waals surface area (Å²) in [5.74, 6) is -1.11. The van der Waals surface area contributed by atoms with Gasteiger partial charge in [-0.15, -0.1) is 0 Å². The second kappa shape index (κ2) is 6.90. The lowest BCUT2D eigenvalue weighted by atomic mass is 10.0. The first-order valence-electron chi connectivity index (χ1n) is 6.99. The summed E-state index contributed by atoms with van der Waals surface area (Å²) >= 11 is 5.88. The summed E-state index contributed by atoms with van der Waals surface area (Å²) < 4.78 is 28.0. The van der Waals surface area contributed by atoms with Gasteiger partial charge in [0, 0.05) is 5.02 Å². The fraction of sp³-hybridized carbons (Fsp3) is 0.294. The predicted octanol–water partition coefficient (Wildman–Crippen LogP) is 5.88. The Kier molecular flexibility index (Phi) is 5.18. The van der Waals surface area contributed by atoms with E-state index in [0.717, 1.165) is 18.4 Å². The molecule has 2 rings (SSSR count). The molecule has 0 amide bonds. The van der Waals surface area contributed by atoms with Gasteiger partial charge in [-0.1, -0.05) is 43.1 Å². The van der Waals surface area contributed by atoms with Gasteiger partial charge in [0.25, 0.3) is 0 Å². The molecule has 0 fully saturated rings. The number of rotatable bonds is 5. The van der Waals surface area contributed by atoms with Gasteiger partial charge >= 0.3 is 0 Å². The maximum absolute atomic E-state index is 14.1. The van der Waals surface area contributed by atoms with E-state index in [1.54, 1.807) is 19.1 Å². The lowest BCUT2D eigenvalue weighted by Crippen LogP contribution is -2.13. The SMILES string of the molecule is CCCC(Nc1c(F)ccc(C)c1F)c1ccc(Cl)cc1. The molecule has 112 valence electrons. The average Bonchev–Trinajstić information content (AvgIpc) is 2.47. The van der Waals surface area contributed by atoms with E-state index >= 15 is 0 Å². The molecule has 4 heteroatoms. The number of anilines is 1. The van der Waals surface area contributed by atoms with Crippen molar-refractivity contribution in [3.05, 3.63) is 64.2 Å². The summed E-state index contributed by atoms with van der Waals surface area (Å²) in [4.78, 5) is 0. The van der Waals surface area contributed by atoms with Gasteiger partial charge in [-0.05, 0) is 42.7 Å². The van der Waals surface area contributed by atoms with Crippen molar-refractivity contribution in [2.75, 3.05) is 5.32 Å². The molecule has 0 aliphatic heterocycles. The van der Waals surface area contributed by atoms with E-state index in [1.165, 1.54) is 12.1 Å². The van der Waals surface area contributed by atoms with Crippen LogP contribution in [0.15, 0.2) is 36.4 Å². The van der Waals surface area contributed by atoms with Crippen LogP contribution < -0.4 is 5.32 Å². The van der Waals surface area contributed by atoms with Gasteiger partial charge in [0.1, 0.15) is 11.5 Å². The second-order valence-corrected chi connectivity index (χ2v) is 5.53. The second-order valence-electron chi connectivity index (χ2n) is 5.09. The fourth-order valence-corrected chi connectivity index (χ4v) is 2.40. The maximum Gasteiger partial charge on any atom is 0.152 e. The van der Waals surface area contributed by atoms with Crippen LogP contribution in [-0.2, 0) is 0 Å². The number of hydrogen-bond donors (Lipinski definition) is 1. The van der Waals surface area contributed by atoms with E-state index in [2.05, 4.69) is 5.32 Å². The number of benzene rings is 2. The Bertz CT molecular complexity index is 611. The topological polar surface area (TPSA) is 12.0 Å². The van der Waals surface area contributed by atoms with Crippen molar-refractivity contribution in [1.29, 1.82) is 0 Å². The maximum atomic E-state index is 14.1. The smallest absolute Gasteiger partial charge is 0.152 e. The zero-order chi connectivity index (χ0) is 15.4. The molecular formula is C17H18ClF2N. The van der Waals surface area contributed by atoms with E-state index in [9.17, 15) is 8.78 Å². The van der Waals surface area contributed by atoms with Crippen molar-refractivity contribution in [3.8, 4) is 0 Å². The Morgan fingerprint density at radius 1 is 1.10 bits per heavy atom. The lowest BCUT2D eigenvalue weighted by Gasteiger charge is -2.21. The third-order valence-corrected chi connectivity index (χ3v) is 3.70. The first kappa shape index (κ1) is 15.8. The molecule has 0 saturated heterocycles. The van der Waals surface area contributed by atoms with Gasteiger partial charge in [0.2, 0.25) is 0 Å². The summed E-state index contributed by atoms with van der Waals surface area (Å²) in [7, 11) is 0. The van der Waals surface area contributed by atoms with Gasteiger partial charge in [-0.3, -0.25) is 0 Å². The molecule has 0 aliphatic rings. The first-order chi connectivity index (χ1) is 10.0. The van der Waals surface area contributed by atoms with Crippen LogP contribution in [0.1, 0.15) is 36.9 Å². The first-order valence-corrected chi connectivity index (χ1v) is 7.37. The van der Waals surface area contributed by atoms with Crippen molar-refractivity contribution in [2.45, 2.75) is 32.7 Å². The van der Waals surface area contributed by atoms with E-state index in [1.807, 2.05) is 19.1 Å². The zero-order valence-electron chi connectivity index (χ0n) is 12.1. The fourth-order valence-electron chi connectivity index (χ4n) is 2.27. The molecular weight excluding hydrogens is 292 g/mol. The molecule has 0 spiro atoms. The van der Waals surface area contributed by atoms with Crippen LogP contribution in [0.4, 0.5) is 14.5 Å². The number of aryl methyl sites for hydroxylation is 1. The highest BCUT2D eigenvalue weighted by molar-refractivity contribution is 6.30. The average molecular weight is 310 g/mol. The molecule has 0 radical (unpaired) electrons. The van der Waals surface area contributed by atoms with E-state index in [-0.39, 0.29) is 11.7 Å². The molecule has 2 aromatic rings. The molecule has 1 nitrogen and oxygen atoms in total. The molecule has 0 aliphatic carbocycles. The van der Waals surface area contributed by atoms with Crippen molar-refractivity contribution in [2.24, 2.45) is 0 Å². The summed E-state index contributed by atoms with van der Waals surface area (Å²) in [6.07, 6.45) is 1.67. The normalized spacial score (nSPS) is 12.2. The molecule has 0 aromatic heterocycles. The van der Waals surface area contributed by atoms with Crippen LogP contribution in [0.2, 0.25) is 5.02 Å². The number of nitrogens with one attached hydrogen (secondary N) is 1. The molecule has 21 heavy (non-hydrogen) atoms. The third-order valence-electron chi connectivity index (χ3n) is 3.45. The van der Waals surface area contributed by atoms with Gasteiger partial charge in [0.15, 0.2) is 5.82 Å². The molecule has 1 atom stereocenters. The number of halogens is 3. The van der Waals surface area contributed by atoms with Crippen LogP contribution in [0, 0.1) is 18.6 Å². The van der Waals surface area contributed by atoms with Crippen molar-refractivity contribution >= 4 is 17.3 Å². The minimum absolute atomic E-state index is 0.0663. The monoisotopic (exact) mass is 309 g/mol. The van der Waals surface area contributed by atoms with Gasteiger partial charge < -0.3 is 5.32 Å². The Morgan fingerprint density at radius 3 is 2.38 bits per heavy atom. The van der Waals surface area contributed by atoms with Crippen LogP contribution in [0.5, 0.6) is 0 Å². The summed E-state index contributed by atoms with van der Waals surface area (Å²) in [5, 5.41) is 3.64. The molecule has 1 N–H and O–H groups in total. The van der Waals surface area contributed by atoms with Crippen LogP contribution in [-0.4, -0.2) is 0 Å². The Balaban J connectivity index is 2.32. The van der Waals surface area contributed by atoms with Gasteiger partial charge in [-0.2, -0.15) is 0 Å². The highest BCUT2D eigenvalue weighted by atomic mass is 35.5. The van der Waals surface area contributed by atoms with Crippen LogP contribution in [0.25, 0.3) is 0 Å². The molecule has 0 saturated carbocycles. The Morgan fingerprint density at radius 2 is 1.76 bits per heavy atom. The van der Waals surface area contributed by atoms with E-state index < -0.39 is 11.6 Å². The highest BCUT2D eigenvalue weighted by Crippen LogP contribution is 2.29. The van der Waals surface area contributed by atoms with Crippen LogP contribution >= 0.6 is 11.6 Å². The molecule has 0 heterocycles. The highest BCUT2D eigenvalue weighted by Gasteiger charge is 2.17. The standard InChI is InChI=1S/C17H18ClF2N/c1-3-4-15(12-6-8-13(18)9-7-12)21-17-14(19)10-5-11(2)16(17)20/h5-10,15,21H,3-4H2,1-2H3. The molecule has 0 bridgehead atoms. The lowest BCUT2D eigenvalue weighted by molar-refractivity contribution is 0.571. The third kappa shape index (κ3) is 3.73. The van der Waals surface area contributed by atoms with E-state index in [0.29, 0.717) is 10.6 Å². The van der Waals surface area contributed by atoms with Crippen molar-refractivity contribution in [1.82, 2.24) is 0 Å². The van der Waals surface area contributed by atoms with E-state index in [4.69, 9.17) is 11.6 Å². The quantitative estimate of drug-likeness (QED) is 0.727. The summed E-state index contributed by atoms with van der Waals surface area (Å²) in [5.41, 5.74) is 1.32. The minimum Gasteiger partial charge on any atom is -0.373 e.